The summed E-state index contributed by atoms with van der Waals surface area (Å²) in [5.74, 6) is 1.05. The van der Waals surface area contributed by atoms with Crippen molar-refractivity contribution in [2.45, 2.75) is 4.90 Å². The molecule has 2 aromatic rings. The number of para-hydroxylation sites is 2. The summed E-state index contributed by atoms with van der Waals surface area (Å²) in [6.07, 6.45) is 0. The summed E-state index contributed by atoms with van der Waals surface area (Å²) in [7, 11) is 0. The second kappa shape index (κ2) is 6.01. The van der Waals surface area contributed by atoms with Gasteiger partial charge >= 0.3 is 0 Å². The van der Waals surface area contributed by atoms with Crippen molar-refractivity contribution in [1.82, 2.24) is 0 Å². The Bertz CT molecular complexity index is 600. The molecule has 1 aliphatic rings. The van der Waals surface area contributed by atoms with Gasteiger partial charge in [0.25, 0.3) is 0 Å². The SMILES string of the molecule is O=C(CN1CCSc2ccccc21)Nc1ccccc1. The predicted octanol–water partition coefficient (Wildman–Crippen LogP) is 3.24. The maximum atomic E-state index is 12.1. The van der Waals surface area contributed by atoms with E-state index in [9.17, 15) is 4.79 Å². The third-order valence-corrected chi connectivity index (χ3v) is 4.26. The third-order valence-electron chi connectivity index (χ3n) is 3.22. The Morgan fingerprint density at radius 2 is 1.85 bits per heavy atom. The van der Waals surface area contributed by atoms with E-state index in [2.05, 4.69) is 22.3 Å². The minimum atomic E-state index is 0.0258. The van der Waals surface area contributed by atoms with Crippen molar-refractivity contribution in [3.05, 3.63) is 54.6 Å². The predicted molar refractivity (Wildman–Crippen MR) is 84.5 cm³/mol. The number of anilines is 2. The first-order chi connectivity index (χ1) is 9.83. The first-order valence-corrected chi connectivity index (χ1v) is 7.63. The highest BCUT2D eigenvalue weighted by molar-refractivity contribution is 7.99. The molecule has 3 rings (SSSR count). The molecule has 0 spiro atoms. The monoisotopic (exact) mass is 284 g/mol. The van der Waals surface area contributed by atoms with Crippen LogP contribution < -0.4 is 10.2 Å². The molecule has 0 bridgehead atoms. The molecular weight excluding hydrogens is 268 g/mol. The van der Waals surface area contributed by atoms with Gasteiger partial charge in [-0.25, -0.2) is 0 Å². The van der Waals surface area contributed by atoms with Gasteiger partial charge in [-0.2, -0.15) is 0 Å². The summed E-state index contributed by atoms with van der Waals surface area (Å²) in [5, 5.41) is 2.93. The highest BCUT2D eigenvalue weighted by Crippen LogP contribution is 2.33. The van der Waals surface area contributed by atoms with Gasteiger partial charge in [0.2, 0.25) is 5.91 Å². The van der Waals surface area contributed by atoms with Gasteiger partial charge in [-0.05, 0) is 24.3 Å². The van der Waals surface area contributed by atoms with E-state index in [1.54, 1.807) is 0 Å². The van der Waals surface area contributed by atoms with E-state index in [-0.39, 0.29) is 5.91 Å². The molecule has 1 heterocycles. The number of carbonyl (C=O) groups excluding carboxylic acids is 1. The van der Waals surface area contributed by atoms with Crippen LogP contribution in [0.15, 0.2) is 59.5 Å². The number of hydrogen-bond donors (Lipinski definition) is 1. The number of nitrogens with zero attached hydrogens (tertiary/aromatic N) is 1. The molecule has 0 unspecified atom stereocenters. The summed E-state index contributed by atoms with van der Waals surface area (Å²) in [5.41, 5.74) is 2.00. The molecule has 102 valence electrons. The molecule has 20 heavy (non-hydrogen) atoms. The maximum absolute atomic E-state index is 12.1. The number of nitrogens with one attached hydrogen (secondary N) is 1. The van der Waals surface area contributed by atoms with Crippen LogP contribution in [0.2, 0.25) is 0 Å². The summed E-state index contributed by atoms with van der Waals surface area (Å²) >= 11 is 1.85. The normalized spacial score (nSPS) is 13.7. The second-order valence-corrected chi connectivity index (χ2v) is 5.79. The number of fused-ring (bicyclic) bond motifs is 1. The summed E-state index contributed by atoms with van der Waals surface area (Å²) in [4.78, 5) is 15.5. The molecule has 0 radical (unpaired) electrons. The quantitative estimate of drug-likeness (QED) is 0.939. The van der Waals surface area contributed by atoms with Crippen molar-refractivity contribution in [1.29, 1.82) is 0 Å². The molecule has 0 aromatic heterocycles. The van der Waals surface area contributed by atoms with Gasteiger partial charge in [0.1, 0.15) is 0 Å². The summed E-state index contributed by atoms with van der Waals surface area (Å²) < 4.78 is 0. The largest absolute Gasteiger partial charge is 0.360 e. The van der Waals surface area contributed by atoms with E-state index < -0.39 is 0 Å². The molecule has 3 nitrogen and oxygen atoms in total. The highest BCUT2D eigenvalue weighted by Gasteiger charge is 2.18. The Morgan fingerprint density at radius 3 is 2.70 bits per heavy atom. The molecule has 0 atom stereocenters. The molecule has 4 heteroatoms. The van der Waals surface area contributed by atoms with Gasteiger partial charge in [0.15, 0.2) is 0 Å². The van der Waals surface area contributed by atoms with Crippen LogP contribution in [0.4, 0.5) is 11.4 Å². The topological polar surface area (TPSA) is 32.3 Å². The van der Waals surface area contributed by atoms with Crippen LogP contribution in [0.25, 0.3) is 0 Å². The zero-order valence-corrected chi connectivity index (χ0v) is 11.9. The fourth-order valence-electron chi connectivity index (χ4n) is 2.29. The number of carbonyl (C=O) groups is 1. The number of rotatable bonds is 3. The lowest BCUT2D eigenvalue weighted by Crippen LogP contribution is -2.36. The minimum absolute atomic E-state index is 0.0258. The van der Waals surface area contributed by atoms with E-state index in [4.69, 9.17) is 0 Å². The van der Waals surface area contributed by atoms with Gasteiger partial charge in [-0.15, -0.1) is 11.8 Å². The Balaban J connectivity index is 1.68. The highest BCUT2D eigenvalue weighted by atomic mass is 32.2. The molecule has 0 fully saturated rings. The van der Waals surface area contributed by atoms with Gasteiger partial charge in [0.05, 0.1) is 12.2 Å². The van der Waals surface area contributed by atoms with Crippen LogP contribution in [-0.2, 0) is 4.79 Å². The van der Waals surface area contributed by atoms with Crippen LogP contribution in [0.1, 0.15) is 0 Å². The van der Waals surface area contributed by atoms with Crippen molar-refractivity contribution < 1.29 is 4.79 Å². The number of thioether (sulfide) groups is 1. The smallest absolute Gasteiger partial charge is 0.243 e. The lowest BCUT2D eigenvalue weighted by atomic mass is 10.2. The Kier molecular flexibility index (Phi) is 3.92. The molecule has 0 aliphatic carbocycles. The van der Waals surface area contributed by atoms with Gasteiger partial charge in [-0.3, -0.25) is 4.79 Å². The lowest BCUT2D eigenvalue weighted by Gasteiger charge is -2.30. The van der Waals surface area contributed by atoms with E-state index in [1.807, 2.05) is 54.2 Å². The average molecular weight is 284 g/mol. The summed E-state index contributed by atoms with van der Waals surface area (Å²) in [6, 6.07) is 17.8. The lowest BCUT2D eigenvalue weighted by molar-refractivity contribution is -0.115. The Labute approximate surface area is 123 Å². The molecule has 0 saturated heterocycles. The van der Waals surface area contributed by atoms with Crippen LogP contribution in [0.3, 0.4) is 0 Å². The average Bonchev–Trinajstić information content (AvgIpc) is 2.48. The number of hydrogen-bond acceptors (Lipinski definition) is 3. The van der Waals surface area contributed by atoms with Crippen molar-refractivity contribution in [3.8, 4) is 0 Å². The molecular formula is C16H16N2OS. The minimum Gasteiger partial charge on any atom is -0.360 e. The van der Waals surface area contributed by atoms with E-state index >= 15 is 0 Å². The molecule has 1 N–H and O–H groups in total. The van der Waals surface area contributed by atoms with E-state index in [1.165, 1.54) is 4.90 Å². The van der Waals surface area contributed by atoms with Crippen molar-refractivity contribution >= 4 is 29.0 Å². The zero-order chi connectivity index (χ0) is 13.8. The fraction of sp³-hybridized carbons (Fsp3) is 0.188. The van der Waals surface area contributed by atoms with E-state index in [0.717, 1.165) is 23.7 Å². The van der Waals surface area contributed by atoms with Gasteiger partial charge in [-0.1, -0.05) is 30.3 Å². The molecule has 1 amide bonds. The van der Waals surface area contributed by atoms with Crippen LogP contribution in [0, 0.1) is 0 Å². The zero-order valence-electron chi connectivity index (χ0n) is 11.1. The molecule has 1 aliphatic heterocycles. The van der Waals surface area contributed by atoms with E-state index in [0.29, 0.717) is 6.54 Å². The fourth-order valence-corrected chi connectivity index (χ4v) is 3.34. The molecule has 0 saturated carbocycles. The van der Waals surface area contributed by atoms with Gasteiger partial charge in [0, 0.05) is 22.9 Å². The third kappa shape index (κ3) is 2.96. The Hall–Kier alpha value is -1.94. The number of benzene rings is 2. The standard InChI is InChI=1S/C16H16N2OS/c19-16(17-13-6-2-1-3-7-13)12-18-10-11-20-15-9-5-4-8-14(15)18/h1-9H,10-12H2,(H,17,19). The van der Waals surface area contributed by atoms with Crippen LogP contribution in [0.5, 0.6) is 0 Å². The molecule has 2 aromatic carbocycles. The number of amides is 1. The van der Waals surface area contributed by atoms with Crippen molar-refractivity contribution in [2.75, 3.05) is 29.1 Å². The Morgan fingerprint density at radius 1 is 1.10 bits per heavy atom. The van der Waals surface area contributed by atoms with Crippen LogP contribution >= 0.6 is 11.8 Å². The maximum Gasteiger partial charge on any atom is 0.243 e. The second-order valence-electron chi connectivity index (χ2n) is 4.65. The van der Waals surface area contributed by atoms with Crippen molar-refractivity contribution in [2.24, 2.45) is 0 Å². The first kappa shape index (κ1) is 13.1. The van der Waals surface area contributed by atoms with Crippen molar-refractivity contribution in [3.63, 3.8) is 0 Å². The van der Waals surface area contributed by atoms with Gasteiger partial charge < -0.3 is 10.2 Å². The first-order valence-electron chi connectivity index (χ1n) is 6.64. The summed E-state index contributed by atoms with van der Waals surface area (Å²) in [6.45, 7) is 1.30. The van der Waals surface area contributed by atoms with Crippen LogP contribution in [-0.4, -0.2) is 24.7 Å².